The Morgan fingerprint density at radius 2 is 2.21 bits per heavy atom. The average molecular weight is 432 g/mol. The Morgan fingerprint density at radius 3 is 2.97 bits per heavy atom. The first-order valence-corrected chi connectivity index (χ1v) is 10.9. The number of esters is 1. The van der Waals surface area contributed by atoms with Crippen LogP contribution in [0.15, 0.2) is 36.4 Å². The van der Waals surface area contributed by atoms with Crippen LogP contribution in [-0.2, 0) is 16.7 Å². The van der Waals surface area contributed by atoms with E-state index in [2.05, 4.69) is 24.1 Å². The topological polar surface area (TPSA) is 48.0 Å². The van der Waals surface area contributed by atoms with Crippen molar-refractivity contribution in [3.05, 3.63) is 56.8 Å². The quantitative estimate of drug-likeness (QED) is 0.531. The van der Waals surface area contributed by atoms with Crippen LogP contribution in [0.2, 0.25) is 4.34 Å². The third-order valence-electron chi connectivity index (χ3n) is 6.16. The van der Waals surface area contributed by atoms with E-state index in [1.54, 1.807) is 19.2 Å². The van der Waals surface area contributed by atoms with Crippen molar-refractivity contribution in [1.82, 2.24) is 4.90 Å². The monoisotopic (exact) mass is 431 g/mol. The Bertz CT molecular complexity index is 1000. The van der Waals surface area contributed by atoms with E-state index >= 15 is 0 Å². The molecular weight excluding hydrogens is 410 g/mol. The smallest absolute Gasteiger partial charge is 0.348 e. The van der Waals surface area contributed by atoms with E-state index in [9.17, 15) is 4.79 Å². The zero-order chi connectivity index (χ0) is 20.2. The molecule has 0 bridgehead atoms. The summed E-state index contributed by atoms with van der Waals surface area (Å²) in [5, 5.41) is 0. The van der Waals surface area contributed by atoms with Gasteiger partial charge in [-0.1, -0.05) is 23.7 Å². The summed E-state index contributed by atoms with van der Waals surface area (Å²) in [4.78, 5) is 15.3. The lowest BCUT2D eigenvalue weighted by Crippen LogP contribution is -2.43. The summed E-state index contributed by atoms with van der Waals surface area (Å²) in [5.74, 6) is 1.26. The van der Waals surface area contributed by atoms with Gasteiger partial charge in [0, 0.05) is 18.5 Å². The molecule has 0 N–H and O–H groups in total. The Kier molecular flexibility index (Phi) is 4.61. The van der Waals surface area contributed by atoms with Crippen LogP contribution >= 0.6 is 22.9 Å². The maximum Gasteiger partial charge on any atom is 0.348 e. The molecule has 1 aromatic carbocycles. The number of thiophene rings is 1. The molecule has 1 spiro atoms. The van der Waals surface area contributed by atoms with Gasteiger partial charge in [-0.2, -0.15) is 0 Å². The molecule has 5 rings (SSSR count). The summed E-state index contributed by atoms with van der Waals surface area (Å²) in [7, 11) is 3.82. The van der Waals surface area contributed by atoms with Crippen molar-refractivity contribution >= 4 is 28.9 Å². The van der Waals surface area contributed by atoms with Crippen LogP contribution in [0.25, 0.3) is 0 Å². The van der Waals surface area contributed by atoms with Gasteiger partial charge in [0.15, 0.2) is 11.5 Å². The van der Waals surface area contributed by atoms with E-state index in [0.29, 0.717) is 15.6 Å². The molecule has 3 unspecified atom stereocenters. The summed E-state index contributed by atoms with van der Waals surface area (Å²) >= 11 is 7.18. The maximum absolute atomic E-state index is 12.5. The number of benzene rings is 1. The molecule has 5 nitrogen and oxygen atoms in total. The zero-order valence-electron chi connectivity index (χ0n) is 16.3. The summed E-state index contributed by atoms with van der Waals surface area (Å²) in [6.45, 7) is 1.86. The van der Waals surface area contributed by atoms with Gasteiger partial charge >= 0.3 is 5.97 Å². The Labute approximate surface area is 178 Å². The number of hydrogen-bond acceptors (Lipinski definition) is 6. The molecule has 2 aliphatic heterocycles. The number of hydrogen-bond donors (Lipinski definition) is 0. The fourth-order valence-corrected chi connectivity index (χ4v) is 5.70. The predicted octanol–water partition coefficient (Wildman–Crippen LogP) is 4.43. The van der Waals surface area contributed by atoms with Crippen LogP contribution in [0.4, 0.5) is 0 Å². The molecule has 3 atom stereocenters. The molecule has 0 fully saturated rings. The van der Waals surface area contributed by atoms with Gasteiger partial charge < -0.3 is 19.1 Å². The second-order valence-electron chi connectivity index (χ2n) is 7.91. The first-order valence-electron chi connectivity index (χ1n) is 9.71. The van der Waals surface area contributed by atoms with Crippen molar-refractivity contribution in [2.75, 3.05) is 20.7 Å². The molecule has 1 aliphatic carbocycles. The number of methoxy groups -OCH3 is 1. The zero-order valence-corrected chi connectivity index (χ0v) is 17.9. The summed E-state index contributed by atoms with van der Waals surface area (Å²) < 4.78 is 18.4. The van der Waals surface area contributed by atoms with E-state index in [-0.39, 0.29) is 23.6 Å². The molecule has 7 heteroatoms. The van der Waals surface area contributed by atoms with Crippen molar-refractivity contribution < 1.29 is 19.0 Å². The molecule has 0 saturated carbocycles. The lowest BCUT2D eigenvalue weighted by molar-refractivity contribution is 0.0223. The van der Waals surface area contributed by atoms with Crippen LogP contribution < -0.4 is 9.47 Å². The van der Waals surface area contributed by atoms with E-state index in [1.165, 1.54) is 22.5 Å². The van der Waals surface area contributed by atoms with Crippen LogP contribution in [0, 0.1) is 0 Å². The number of halogens is 1. The molecule has 152 valence electrons. The second kappa shape index (κ2) is 7.04. The molecular formula is C22H22ClNO4S. The minimum Gasteiger partial charge on any atom is -0.493 e. The van der Waals surface area contributed by atoms with E-state index in [4.69, 9.17) is 25.8 Å². The Morgan fingerprint density at radius 1 is 1.34 bits per heavy atom. The summed E-state index contributed by atoms with van der Waals surface area (Å²) in [6, 6.07) is 7.54. The van der Waals surface area contributed by atoms with Gasteiger partial charge in [0.05, 0.1) is 16.9 Å². The minimum atomic E-state index is -0.345. The van der Waals surface area contributed by atoms with Crippen LogP contribution in [0.5, 0.6) is 11.5 Å². The molecule has 1 aromatic heterocycles. The largest absolute Gasteiger partial charge is 0.493 e. The number of nitrogens with zero attached hydrogens (tertiary/aromatic N) is 1. The average Bonchev–Trinajstić information content (AvgIpc) is 3.24. The van der Waals surface area contributed by atoms with Crippen molar-refractivity contribution in [1.29, 1.82) is 0 Å². The Hall–Kier alpha value is -2.02. The highest BCUT2D eigenvalue weighted by molar-refractivity contribution is 7.17. The predicted molar refractivity (Wildman–Crippen MR) is 112 cm³/mol. The number of rotatable bonds is 3. The number of ether oxygens (including phenoxy) is 3. The van der Waals surface area contributed by atoms with Crippen molar-refractivity contribution in [3.63, 3.8) is 0 Å². The van der Waals surface area contributed by atoms with Gasteiger partial charge in [0.25, 0.3) is 0 Å². The third kappa shape index (κ3) is 3.05. The molecule has 3 heterocycles. The fraction of sp³-hybridized carbons (Fsp3) is 0.409. The van der Waals surface area contributed by atoms with Gasteiger partial charge in [-0.05, 0) is 49.9 Å². The van der Waals surface area contributed by atoms with Crippen LogP contribution in [0.3, 0.4) is 0 Å². The number of carbonyl (C=O) groups is 1. The van der Waals surface area contributed by atoms with Crippen molar-refractivity contribution in [3.8, 4) is 11.5 Å². The molecule has 29 heavy (non-hydrogen) atoms. The molecule has 0 radical (unpaired) electrons. The summed E-state index contributed by atoms with van der Waals surface area (Å²) in [5.41, 5.74) is 2.30. The fourth-order valence-electron chi connectivity index (χ4n) is 4.77. The van der Waals surface area contributed by atoms with Crippen LogP contribution in [-0.4, -0.2) is 43.8 Å². The third-order valence-corrected chi connectivity index (χ3v) is 7.37. The van der Waals surface area contributed by atoms with E-state index < -0.39 is 0 Å². The van der Waals surface area contributed by atoms with E-state index in [0.717, 1.165) is 31.0 Å². The van der Waals surface area contributed by atoms with Gasteiger partial charge in [-0.25, -0.2) is 4.79 Å². The van der Waals surface area contributed by atoms with Gasteiger partial charge in [-0.3, -0.25) is 0 Å². The molecule has 3 aliphatic rings. The highest BCUT2D eigenvalue weighted by atomic mass is 35.5. The highest BCUT2D eigenvalue weighted by Crippen LogP contribution is 2.55. The van der Waals surface area contributed by atoms with Gasteiger partial charge in [0.2, 0.25) is 0 Å². The molecule has 0 saturated heterocycles. The maximum atomic E-state index is 12.5. The second-order valence-corrected chi connectivity index (χ2v) is 9.62. The standard InChI is InChI=1S/C22H22ClNO4S/c1-24-10-9-22-8-7-14(27-21(25)16-5-6-18(23)29-16)11-17(22)28-20-15(26-2)4-3-13(12-24)19(20)22/h3-8,14,17H,9-12H2,1-2H3. The van der Waals surface area contributed by atoms with Crippen molar-refractivity contribution in [2.45, 2.75) is 37.0 Å². The lowest BCUT2D eigenvalue weighted by Gasteiger charge is -2.36. The number of carbonyl (C=O) groups excluding carboxylic acids is 1. The highest BCUT2D eigenvalue weighted by Gasteiger charge is 2.53. The lowest BCUT2D eigenvalue weighted by atomic mass is 9.69. The normalized spacial score (nSPS) is 27.6. The molecule has 2 aromatic rings. The minimum absolute atomic E-state index is 0.0891. The van der Waals surface area contributed by atoms with Crippen LogP contribution in [0.1, 0.15) is 33.6 Å². The first-order chi connectivity index (χ1) is 14.0. The Balaban J connectivity index is 1.48. The summed E-state index contributed by atoms with van der Waals surface area (Å²) in [6.07, 6.45) is 5.38. The van der Waals surface area contributed by atoms with E-state index in [1.807, 2.05) is 12.1 Å². The van der Waals surface area contributed by atoms with Crippen molar-refractivity contribution in [2.24, 2.45) is 0 Å². The van der Waals surface area contributed by atoms with Gasteiger partial charge in [0.1, 0.15) is 17.1 Å². The first kappa shape index (κ1) is 19.0. The SMILES string of the molecule is COc1ccc2c3c1OC1CC(OC(=O)c4ccc(Cl)s4)C=CC31CCN(C)C2. The van der Waals surface area contributed by atoms with Gasteiger partial charge in [-0.15, -0.1) is 11.3 Å². The molecule has 0 amide bonds.